The Morgan fingerprint density at radius 3 is 2.50 bits per heavy atom. The van der Waals surface area contributed by atoms with Crippen LogP contribution in [0.2, 0.25) is 0 Å². The predicted molar refractivity (Wildman–Crippen MR) is 87.0 cm³/mol. The van der Waals surface area contributed by atoms with Gasteiger partial charge in [0.15, 0.2) is 0 Å². The maximum atomic E-state index is 9.91. The Hall–Kier alpha value is -0.120. The minimum absolute atomic E-state index is 0.0556. The fourth-order valence-electron chi connectivity index (χ4n) is 3.64. The lowest BCUT2D eigenvalue weighted by Gasteiger charge is -2.45. The Morgan fingerprint density at radius 2 is 2.00 bits per heavy atom. The van der Waals surface area contributed by atoms with E-state index in [1.54, 1.807) is 0 Å². The van der Waals surface area contributed by atoms with Crippen molar-refractivity contribution in [3.63, 3.8) is 0 Å². The summed E-state index contributed by atoms with van der Waals surface area (Å²) in [7, 11) is 0. The molecule has 0 aromatic heterocycles. The maximum Gasteiger partial charge on any atom is 0.0613 e. The second kappa shape index (κ2) is 8.35. The molecular weight excluding hydrogens is 248 g/mol. The van der Waals surface area contributed by atoms with Gasteiger partial charge in [0, 0.05) is 24.2 Å². The highest BCUT2D eigenvalue weighted by molar-refractivity contribution is 4.97. The average molecular weight is 284 g/mol. The summed E-state index contributed by atoms with van der Waals surface area (Å²) in [5, 5.41) is 13.6. The van der Waals surface area contributed by atoms with Gasteiger partial charge in [-0.1, -0.05) is 41.0 Å². The third-order valence-electron chi connectivity index (χ3n) is 4.88. The maximum absolute atomic E-state index is 9.91. The van der Waals surface area contributed by atoms with Crippen LogP contribution in [0.4, 0.5) is 0 Å². The van der Waals surface area contributed by atoms with Crippen molar-refractivity contribution in [3.8, 4) is 0 Å². The first-order valence-electron chi connectivity index (χ1n) is 8.59. The fourth-order valence-corrected chi connectivity index (χ4v) is 3.64. The zero-order valence-corrected chi connectivity index (χ0v) is 14.3. The highest BCUT2D eigenvalue weighted by Crippen LogP contribution is 2.32. The van der Waals surface area contributed by atoms with Crippen molar-refractivity contribution < 1.29 is 5.11 Å². The van der Waals surface area contributed by atoms with Crippen LogP contribution in [0, 0.1) is 5.92 Å². The monoisotopic (exact) mass is 284 g/mol. The lowest BCUT2D eigenvalue weighted by Crippen LogP contribution is -2.58. The minimum atomic E-state index is -0.0556. The molecule has 3 atom stereocenters. The summed E-state index contributed by atoms with van der Waals surface area (Å²) in [6.07, 6.45) is 5.96. The topological polar surface area (TPSA) is 35.5 Å². The molecule has 120 valence electrons. The van der Waals surface area contributed by atoms with Gasteiger partial charge in [-0.05, 0) is 38.1 Å². The summed E-state index contributed by atoms with van der Waals surface area (Å²) in [5.74, 6) is 0.762. The van der Waals surface area contributed by atoms with Crippen molar-refractivity contribution in [2.45, 2.75) is 84.3 Å². The van der Waals surface area contributed by atoms with Crippen molar-refractivity contribution in [1.82, 2.24) is 10.2 Å². The molecule has 0 amide bonds. The Balaban J connectivity index is 2.69. The third-order valence-corrected chi connectivity index (χ3v) is 4.88. The molecule has 1 saturated carbocycles. The molecule has 0 bridgehead atoms. The summed E-state index contributed by atoms with van der Waals surface area (Å²) >= 11 is 0. The van der Waals surface area contributed by atoms with Gasteiger partial charge < -0.3 is 15.3 Å². The molecule has 0 aromatic rings. The molecule has 3 nitrogen and oxygen atoms in total. The second-order valence-electron chi connectivity index (χ2n) is 7.09. The van der Waals surface area contributed by atoms with Gasteiger partial charge in [-0.25, -0.2) is 0 Å². The Kier molecular flexibility index (Phi) is 7.49. The van der Waals surface area contributed by atoms with Crippen molar-refractivity contribution in [3.05, 3.63) is 0 Å². The Bertz CT molecular complexity index is 270. The van der Waals surface area contributed by atoms with Gasteiger partial charge in [0.1, 0.15) is 0 Å². The standard InChI is InChI=1S/C17H36N2O/c1-6-15(5)12-19(7-2)16-9-8-10-17(11-16,13-20)18-14(3)4/h14-16,18,20H,6-13H2,1-5H3. The molecule has 1 fully saturated rings. The van der Waals surface area contributed by atoms with E-state index in [-0.39, 0.29) is 12.1 Å². The molecular formula is C17H36N2O. The van der Waals surface area contributed by atoms with Crippen molar-refractivity contribution in [2.24, 2.45) is 5.92 Å². The molecule has 1 rings (SSSR count). The van der Waals surface area contributed by atoms with Crippen LogP contribution in [0.15, 0.2) is 0 Å². The van der Waals surface area contributed by atoms with Crippen LogP contribution in [0.1, 0.15) is 66.7 Å². The van der Waals surface area contributed by atoms with E-state index in [9.17, 15) is 5.11 Å². The normalized spacial score (nSPS) is 29.1. The molecule has 1 aliphatic rings. The predicted octanol–water partition coefficient (Wildman–Crippen LogP) is 3.03. The van der Waals surface area contributed by atoms with E-state index in [2.05, 4.69) is 44.8 Å². The highest BCUT2D eigenvalue weighted by atomic mass is 16.3. The van der Waals surface area contributed by atoms with E-state index < -0.39 is 0 Å². The molecule has 3 heteroatoms. The molecule has 0 saturated heterocycles. The fraction of sp³-hybridized carbons (Fsp3) is 1.00. The van der Waals surface area contributed by atoms with Crippen molar-refractivity contribution in [2.75, 3.05) is 19.7 Å². The van der Waals surface area contributed by atoms with Crippen LogP contribution in [0.25, 0.3) is 0 Å². The summed E-state index contributed by atoms with van der Waals surface area (Å²) in [6, 6.07) is 1.06. The van der Waals surface area contributed by atoms with Crippen molar-refractivity contribution >= 4 is 0 Å². The summed E-state index contributed by atoms with van der Waals surface area (Å²) < 4.78 is 0. The van der Waals surface area contributed by atoms with Crippen LogP contribution >= 0.6 is 0 Å². The van der Waals surface area contributed by atoms with E-state index >= 15 is 0 Å². The lowest BCUT2D eigenvalue weighted by molar-refractivity contribution is 0.0505. The van der Waals surface area contributed by atoms with E-state index in [4.69, 9.17) is 0 Å². The van der Waals surface area contributed by atoms with E-state index in [1.165, 1.54) is 25.8 Å². The van der Waals surface area contributed by atoms with Gasteiger partial charge in [-0.3, -0.25) is 0 Å². The smallest absolute Gasteiger partial charge is 0.0613 e. The van der Waals surface area contributed by atoms with E-state index in [0.29, 0.717) is 12.1 Å². The van der Waals surface area contributed by atoms with Gasteiger partial charge >= 0.3 is 0 Å². The molecule has 2 N–H and O–H groups in total. The Labute approximate surface area is 126 Å². The summed E-state index contributed by atoms with van der Waals surface area (Å²) in [5.41, 5.74) is -0.0556. The van der Waals surface area contributed by atoms with Crippen LogP contribution in [0.5, 0.6) is 0 Å². The zero-order chi connectivity index (χ0) is 15.2. The van der Waals surface area contributed by atoms with Crippen molar-refractivity contribution in [1.29, 1.82) is 0 Å². The second-order valence-corrected chi connectivity index (χ2v) is 7.09. The quantitative estimate of drug-likeness (QED) is 0.719. The molecule has 3 unspecified atom stereocenters. The number of rotatable bonds is 8. The first-order valence-corrected chi connectivity index (χ1v) is 8.59. The number of hydrogen-bond acceptors (Lipinski definition) is 3. The van der Waals surface area contributed by atoms with Crippen LogP contribution in [-0.2, 0) is 0 Å². The van der Waals surface area contributed by atoms with Gasteiger partial charge in [-0.2, -0.15) is 0 Å². The Morgan fingerprint density at radius 1 is 1.30 bits per heavy atom. The number of nitrogens with zero attached hydrogens (tertiary/aromatic N) is 1. The first-order chi connectivity index (χ1) is 9.46. The van der Waals surface area contributed by atoms with Crippen LogP contribution in [0.3, 0.4) is 0 Å². The number of aliphatic hydroxyl groups is 1. The van der Waals surface area contributed by atoms with Gasteiger partial charge in [0.2, 0.25) is 0 Å². The molecule has 0 heterocycles. The van der Waals surface area contributed by atoms with E-state index in [0.717, 1.165) is 25.3 Å². The lowest BCUT2D eigenvalue weighted by atomic mass is 9.78. The molecule has 0 radical (unpaired) electrons. The summed E-state index contributed by atoms with van der Waals surface area (Å²) in [6.45, 7) is 13.8. The average Bonchev–Trinajstić information content (AvgIpc) is 2.43. The third kappa shape index (κ3) is 5.01. The first kappa shape index (κ1) is 17.9. The summed E-state index contributed by atoms with van der Waals surface area (Å²) in [4.78, 5) is 2.64. The van der Waals surface area contributed by atoms with Gasteiger partial charge in [0.05, 0.1) is 6.61 Å². The molecule has 0 spiro atoms. The van der Waals surface area contributed by atoms with E-state index in [1.807, 2.05) is 0 Å². The molecule has 0 aliphatic heterocycles. The number of aliphatic hydroxyl groups excluding tert-OH is 1. The van der Waals surface area contributed by atoms with Gasteiger partial charge in [0.25, 0.3) is 0 Å². The number of hydrogen-bond donors (Lipinski definition) is 2. The van der Waals surface area contributed by atoms with Crippen LogP contribution in [-0.4, -0.2) is 47.3 Å². The highest BCUT2D eigenvalue weighted by Gasteiger charge is 2.37. The molecule has 0 aromatic carbocycles. The SMILES string of the molecule is CCC(C)CN(CC)C1CCCC(CO)(NC(C)C)C1. The van der Waals surface area contributed by atoms with Gasteiger partial charge in [-0.15, -0.1) is 0 Å². The minimum Gasteiger partial charge on any atom is -0.394 e. The largest absolute Gasteiger partial charge is 0.394 e. The van der Waals surface area contributed by atoms with Crippen LogP contribution < -0.4 is 5.32 Å². The molecule has 20 heavy (non-hydrogen) atoms. The number of nitrogens with one attached hydrogen (secondary N) is 1. The zero-order valence-electron chi connectivity index (χ0n) is 14.3. The molecule has 1 aliphatic carbocycles.